The van der Waals surface area contributed by atoms with Gasteiger partial charge in [-0.1, -0.05) is 28.8 Å². The van der Waals surface area contributed by atoms with E-state index in [9.17, 15) is 4.57 Å². The van der Waals surface area contributed by atoms with Gasteiger partial charge in [-0.3, -0.25) is 4.57 Å². The Morgan fingerprint density at radius 2 is 1.92 bits per heavy atom. The second-order valence-electron chi connectivity index (χ2n) is 2.66. The normalized spacial score (nSPS) is 13.2. The first-order chi connectivity index (χ1) is 5.81. The lowest BCUT2D eigenvalue weighted by Crippen LogP contribution is -1.85. The molecule has 0 aliphatic carbocycles. The van der Waals surface area contributed by atoms with Gasteiger partial charge < -0.3 is 4.52 Å². The van der Waals surface area contributed by atoms with Gasteiger partial charge in [0.05, 0.1) is 6.61 Å². The molecule has 0 aromatic carbocycles. The summed E-state index contributed by atoms with van der Waals surface area (Å²) in [6, 6.07) is 0. The van der Waals surface area contributed by atoms with Crippen LogP contribution in [0, 0.1) is 0 Å². The highest BCUT2D eigenvalue weighted by Crippen LogP contribution is 2.23. The predicted molar refractivity (Wildman–Crippen MR) is 57.8 cm³/mol. The molecular formula is C8H18BrO2P. The minimum atomic E-state index is -1.69. The number of unbranched alkanes of at least 4 members (excludes halogenated alkanes) is 3. The fourth-order valence-electron chi connectivity index (χ4n) is 0.951. The zero-order valence-electron chi connectivity index (χ0n) is 7.64. The predicted octanol–water partition coefficient (Wildman–Crippen LogP) is 3.45. The third-order valence-corrected chi connectivity index (χ3v) is 3.50. The van der Waals surface area contributed by atoms with E-state index < -0.39 is 8.03 Å². The molecule has 0 aliphatic rings. The summed E-state index contributed by atoms with van der Waals surface area (Å²) in [4.78, 5) is 0. The van der Waals surface area contributed by atoms with Crippen LogP contribution in [0.25, 0.3) is 0 Å². The average Bonchev–Trinajstić information content (AvgIpc) is 2.05. The van der Waals surface area contributed by atoms with Gasteiger partial charge in [0, 0.05) is 11.5 Å². The van der Waals surface area contributed by atoms with E-state index in [1.54, 1.807) is 0 Å². The maximum absolute atomic E-state index is 11.0. The van der Waals surface area contributed by atoms with Crippen LogP contribution in [-0.4, -0.2) is 18.1 Å². The van der Waals surface area contributed by atoms with Gasteiger partial charge in [0.15, 0.2) is 8.03 Å². The summed E-state index contributed by atoms with van der Waals surface area (Å²) in [5.74, 6) is 0. The summed E-state index contributed by atoms with van der Waals surface area (Å²) in [5, 5.41) is 1.08. The van der Waals surface area contributed by atoms with Crippen LogP contribution in [0.3, 0.4) is 0 Å². The molecule has 12 heavy (non-hydrogen) atoms. The molecule has 2 nitrogen and oxygen atoms in total. The summed E-state index contributed by atoms with van der Waals surface area (Å²) < 4.78 is 16.0. The van der Waals surface area contributed by atoms with Crippen LogP contribution < -0.4 is 0 Å². The highest BCUT2D eigenvalue weighted by atomic mass is 79.9. The molecule has 4 heteroatoms. The fourth-order valence-corrected chi connectivity index (χ4v) is 2.35. The molecule has 0 bridgehead atoms. The Hall–Kier alpha value is 0.670. The van der Waals surface area contributed by atoms with Crippen molar-refractivity contribution in [2.45, 2.75) is 32.6 Å². The van der Waals surface area contributed by atoms with Gasteiger partial charge in [-0.05, 0) is 19.8 Å². The van der Waals surface area contributed by atoms with Crippen molar-refractivity contribution < 1.29 is 9.09 Å². The van der Waals surface area contributed by atoms with Crippen LogP contribution in [-0.2, 0) is 9.09 Å². The van der Waals surface area contributed by atoms with Crippen LogP contribution in [0.1, 0.15) is 32.6 Å². The molecule has 0 fully saturated rings. The van der Waals surface area contributed by atoms with Gasteiger partial charge in [-0.2, -0.15) is 0 Å². The smallest absolute Gasteiger partial charge is 0.191 e. The van der Waals surface area contributed by atoms with E-state index in [0.29, 0.717) is 6.61 Å². The molecule has 0 aromatic heterocycles. The van der Waals surface area contributed by atoms with Crippen LogP contribution >= 0.6 is 24.0 Å². The molecule has 0 rings (SSSR count). The molecule has 0 saturated heterocycles. The second-order valence-corrected chi connectivity index (χ2v) is 4.98. The van der Waals surface area contributed by atoms with E-state index in [1.165, 1.54) is 19.3 Å². The van der Waals surface area contributed by atoms with Gasteiger partial charge >= 0.3 is 0 Å². The summed E-state index contributed by atoms with van der Waals surface area (Å²) in [6.45, 7) is 2.46. The van der Waals surface area contributed by atoms with Crippen LogP contribution in [0.5, 0.6) is 0 Å². The topological polar surface area (TPSA) is 26.3 Å². The van der Waals surface area contributed by atoms with Crippen molar-refractivity contribution in [2.75, 3.05) is 18.1 Å². The van der Waals surface area contributed by atoms with Crippen molar-refractivity contribution >= 4 is 24.0 Å². The Balaban J connectivity index is 3.03. The summed E-state index contributed by atoms with van der Waals surface area (Å²) in [6.07, 6.45) is 5.43. The van der Waals surface area contributed by atoms with Crippen molar-refractivity contribution in [3.8, 4) is 0 Å². The van der Waals surface area contributed by atoms with Crippen molar-refractivity contribution in [3.05, 3.63) is 0 Å². The molecule has 0 heterocycles. The SMILES string of the molecule is CCO[PH](=O)CCCCCCBr. The van der Waals surface area contributed by atoms with Crippen molar-refractivity contribution in [2.24, 2.45) is 0 Å². The van der Waals surface area contributed by atoms with Crippen LogP contribution in [0.4, 0.5) is 0 Å². The Kier molecular flexibility index (Phi) is 10.3. The molecule has 0 aliphatic heterocycles. The Morgan fingerprint density at radius 1 is 1.25 bits per heavy atom. The average molecular weight is 257 g/mol. The van der Waals surface area contributed by atoms with Crippen LogP contribution in [0.15, 0.2) is 0 Å². The number of hydrogen-bond acceptors (Lipinski definition) is 2. The van der Waals surface area contributed by atoms with E-state index in [1.807, 2.05) is 6.92 Å². The quantitative estimate of drug-likeness (QED) is 0.378. The third-order valence-electron chi connectivity index (χ3n) is 1.57. The molecule has 0 spiro atoms. The minimum absolute atomic E-state index is 0.583. The lowest BCUT2D eigenvalue weighted by molar-refractivity contribution is 0.349. The van der Waals surface area contributed by atoms with E-state index in [-0.39, 0.29) is 0 Å². The Bertz CT molecular complexity index is 120. The molecule has 0 aromatic rings. The lowest BCUT2D eigenvalue weighted by Gasteiger charge is -2.00. The van der Waals surface area contributed by atoms with Crippen LogP contribution in [0.2, 0.25) is 0 Å². The zero-order chi connectivity index (χ0) is 9.23. The van der Waals surface area contributed by atoms with Gasteiger partial charge in [-0.15, -0.1) is 0 Å². The van der Waals surface area contributed by atoms with E-state index >= 15 is 0 Å². The molecule has 0 radical (unpaired) electrons. The number of halogens is 1. The van der Waals surface area contributed by atoms with Crippen molar-refractivity contribution in [1.82, 2.24) is 0 Å². The number of rotatable bonds is 8. The van der Waals surface area contributed by atoms with Gasteiger partial charge in [0.1, 0.15) is 0 Å². The number of alkyl halides is 1. The monoisotopic (exact) mass is 256 g/mol. The standard InChI is InChI=1S/C8H18BrO2P/c1-2-11-12(10)8-6-4-3-5-7-9/h12H,2-8H2,1H3. The second kappa shape index (κ2) is 9.76. The van der Waals surface area contributed by atoms with Crippen molar-refractivity contribution in [3.63, 3.8) is 0 Å². The lowest BCUT2D eigenvalue weighted by atomic mass is 10.2. The molecular weight excluding hydrogens is 239 g/mol. The van der Waals surface area contributed by atoms with Gasteiger partial charge in [0.2, 0.25) is 0 Å². The largest absolute Gasteiger partial charge is 0.331 e. The molecule has 74 valence electrons. The van der Waals surface area contributed by atoms with Gasteiger partial charge in [0.25, 0.3) is 0 Å². The van der Waals surface area contributed by atoms with Crippen molar-refractivity contribution in [1.29, 1.82) is 0 Å². The fraction of sp³-hybridized carbons (Fsp3) is 1.00. The Labute approximate surface area is 84.1 Å². The number of hydrogen-bond donors (Lipinski definition) is 0. The van der Waals surface area contributed by atoms with Gasteiger partial charge in [-0.25, -0.2) is 0 Å². The summed E-state index contributed by atoms with van der Waals surface area (Å²) >= 11 is 3.38. The Morgan fingerprint density at radius 3 is 2.50 bits per heavy atom. The molecule has 0 amide bonds. The highest BCUT2D eigenvalue weighted by molar-refractivity contribution is 9.09. The molecule has 1 unspecified atom stereocenters. The first-order valence-electron chi connectivity index (χ1n) is 4.52. The first-order valence-corrected chi connectivity index (χ1v) is 7.17. The summed E-state index contributed by atoms with van der Waals surface area (Å²) in [5.41, 5.74) is 0. The van der Waals surface area contributed by atoms with E-state index in [2.05, 4.69) is 15.9 Å². The first kappa shape index (κ1) is 12.7. The molecule has 0 N–H and O–H groups in total. The maximum Gasteiger partial charge on any atom is 0.191 e. The highest BCUT2D eigenvalue weighted by Gasteiger charge is 1.97. The molecule has 1 atom stereocenters. The summed E-state index contributed by atoms with van der Waals surface area (Å²) in [7, 11) is -1.69. The zero-order valence-corrected chi connectivity index (χ0v) is 10.2. The minimum Gasteiger partial charge on any atom is -0.331 e. The third kappa shape index (κ3) is 8.76. The van der Waals surface area contributed by atoms with E-state index in [0.717, 1.165) is 17.9 Å². The maximum atomic E-state index is 11.0. The molecule has 0 saturated carbocycles. The van der Waals surface area contributed by atoms with E-state index in [4.69, 9.17) is 4.52 Å².